The van der Waals surface area contributed by atoms with E-state index in [1.54, 1.807) is 18.2 Å². The molecule has 2 N–H and O–H groups in total. The number of ether oxygens (including phenoxy) is 1. The van der Waals surface area contributed by atoms with Crippen LogP contribution in [-0.2, 0) is 0 Å². The van der Waals surface area contributed by atoms with Gasteiger partial charge in [-0.3, -0.25) is 4.79 Å². The lowest BCUT2D eigenvalue weighted by molar-refractivity contribution is -0.0493. The lowest BCUT2D eigenvalue weighted by atomic mass is 10.0. The summed E-state index contributed by atoms with van der Waals surface area (Å²) in [5.41, 5.74) is 7.42. The fraction of sp³-hybridized carbons (Fsp3) is 0.133. The maximum atomic E-state index is 12.2. The van der Waals surface area contributed by atoms with Crippen LogP contribution < -0.4 is 10.5 Å². The van der Waals surface area contributed by atoms with E-state index in [-0.39, 0.29) is 17.2 Å². The molecule has 104 valence electrons. The summed E-state index contributed by atoms with van der Waals surface area (Å²) in [6.45, 7) is -1.07. The average Bonchev–Trinajstić information content (AvgIpc) is 2.40. The Balaban J connectivity index is 2.30. The number of benzene rings is 2. The third kappa shape index (κ3) is 3.12. The SMILES string of the molecule is Cc1cccc(C(=O)c2ccc(OC(F)F)c(N)c2)c1. The molecule has 0 radical (unpaired) electrons. The van der Waals surface area contributed by atoms with Crippen LogP contribution in [0.3, 0.4) is 0 Å². The van der Waals surface area contributed by atoms with Crippen LogP contribution in [0.25, 0.3) is 0 Å². The molecule has 2 rings (SSSR count). The molecule has 5 heteroatoms. The highest BCUT2D eigenvalue weighted by Crippen LogP contribution is 2.25. The number of carbonyl (C=O) groups excluding carboxylic acids is 1. The number of rotatable bonds is 4. The molecule has 20 heavy (non-hydrogen) atoms. The molecule has 2 aromatic rings. The fourth-order valence-electron chi connectivity index (χ4n) is 1.85. The van der Waals surface area contributed by atoms with Gasteiger partial charge in [0.15, 0.2) is 5.78 Å². The molecular formula is C15H13F2NO2. The van der Waals surface area contributed by atoms with Crippen molar-refractivity contribution in [1.82, 2.24) is 0 Å². The molecule has 2 aromatic carbocycles. The van der Waals surface area contributed by atoms with Gasteiger partial charge in [-0.25, -0.2) is 0 Å². The Morgan fingerprint density at radius 3 is 2.45 bits per heavy atom. The molecule has 0 aliphatic heterocycles. The van der Waals surface area contributed by atoms with Crippen LogP contribution in [0.4, 0.5) is 14.5 Å². The van der Waals surface area contributed by atoms with Gasteiger partial charge in [-0.1, -0.05) is 23.8 Å². The van der Waals surface area contributed by atoms with E-state index in [4.69, 9.17) is 5.73 Å². The molecule has 0 atom stereocenters. The van der Waals surface area contributed by atoms with Crippen LogP contribution in [0.5, 0.6) is 5.75 Å². The lowest BCUT2D eigenvalue weighted by Crippen LogP contribution is -2.07. The second-order valence-corrected chi connectivity index (χ2v) is 4.33. The first kappa shape index (κ1) is 14.0. The van der Waals surface area contributed by atoms with Gasteiger partial charge in [0.1, 0.15) is 5.75 Å². The van der Waals surface area contributed by atoms with Crippen molar-refractivity contribution in [3.05, 3.63) is 59.2 Å². The minimum Gasteiger partial charge on any atom is -0.433 e. The standard InChI is InChI=1S/C15H13F2NO2/c1-9-3-2-4-10(7-9)14(19)11-5-6-13(12(18)8-11)20-15(16)17/h2-8,15H,18H2,1H3. The van der Waals surface area contributed by atoms with Crippen LogP contribution in [0.15, 0.2) is 42.5 Å². The van der Waals surface area contributed by atoms with E-state index in [0.29, 0.717) is 11.1 Å². The molecule has 0 saturated carbocycles. The number of ketones is 1. The zero-order valence-corrected chi connectivity index (χ0v) is 10.8. The van der Waals surface area contributed by atoms with Gasteiger partial charge in [0, 0.05) is 11.1 Å². The van der Waals surface area contributed by atoms with Gasteiger partial charge < -0.3 is 10.5 Å². The largest absolute Gasteiger partial charge is 0.433 e. The van der Waals surface area contributed by atoms with Gasteiger partial charge in [0.25, 0.3) is 0 Å². The first-order valence-electron chi connectivity index (χ1n) is 5.93. The minimum absolute atomic E-state index is 0.00352. The Kier molecular flexibility index (Phi) is 3.98. The van der Waals surface area contributed by atoms with Crippen LogP contribution in [0.1, 0.15) is 21.5 Å². The van der Waals surface area contributed by atoms with E-state index in [9.17, 15) is 13.6 Å². The second-order valence-electron chi connectivity index (χ2n) is 4.33. The number of hydrogen-bond donors (Lipinski definition) is 1. The topological polar surface area (TPSA) is 52.3 Å². The van der Waals surface area contributed by atoms with E-state index in [2.05, 4.69) is 4.74 Å². The lowest BCUT2D eigenvalue weighted by Gasteiger charge is -2.09. The number of carbonyl (C=O) groups is 1. The Labute approximate surface area is 115 Å². The summed E-state index contributed by atoms with van der Waals surface area (Å²) >= 11 is 0. The highest BCUT2D eigenvalue weighted by atomic mass is 19.3. The van der Waals surface area contributed by atoms with Crippen molar-refractivity contribution in [2.45, 2.75) is 13.5 Å². The average molecular weight is 277 g/mol. The van der Waals surface area contributed by atoms with Crippen molar-refractivity contribution < 1.29 is 18.3 Å². The molecule has 0 saturated heterocycles. The number of alkyl halides is 2. The van der Waals surface area contributed by atoms with Crippen molar-refractivity contribution in [3.63, 3.8) is 0 Å². The molecule has 0 spiro atoms. The Morgan fingerprint density at radius 2 is 1.85 bits per heavy atom. The maximum Gasteiger partial charge on any atom is 0.387 e. The molecule has 0 heterocycles. The Morgan fingerprint density at radius 1 is 1.15 bits per heavy atom. The number of anilines is 1. The third-order valence-corrected chi connectivity index (χ3v) is 2.77. The Bertz CT molecular complexity index is 642. The van der Waals surface area contributed by atoms with E-state index >= 15 is 0 Å². The summed E-state index contributed by atoms with van der Waals surface area (Å²) < 4.78 is 28.5. The molecule has 0 fully saturated rings. The smallest absolute Gasteiger partial charge is 0.387 e. The summed E-state index contributed by atoms with van der Waals surface area (Å²) in [7, 11) is 0. The van der Waals surface area contributed by atoms with Gasteiger partial charge in [-0.15, -0.1) is 0 Å². The van der Waals surface area contributed by atoms with Crippen LogP contribution in [-0.4, -0.2) is 12.4 Å². The first-order valence-corrected chi connectivity index (χ1v) is 5.93. The number of halogens is 2. The number of hydrogen-bond acceptors (Lipinski definition) is 3. The zero-order chi connectivity index (χ0) is 14.7. The highest BCUT2D eigenvalue weighted by Gasteiger charge is 2.13. The number of aryl methyl sites for hydroxylation is 1. The minimum atomic E-state index is -2.95. The molecule has 0 aliphatic carbocycles. The van der Waals surface area contributed by atoms with Gasteiger partial charge in [0.05, 0.1) is 5.69 Å². The molecule has 0 amide bonds. The molecule has 3 nitrogen and oxygen atoms in total. The highest BCUT2D eigenvalue weighted by molar-refractivity contribution is 6.09. The first-order chi connectivity index (χ1) is 9.47. The quantitative estimate of drug-likeness (QED) is 0.688. The van der Waals surface area contributed by atoms with E-state index < -0.39 is 6.61 Å². The van der Waals surface area contributed by atoms with E-state index in [1.165, 1.54) is 18.2 Å². The van der Waals surface area contributed by atoms with E-state index in [0.717, 1.165) is 5.56 Å². The fourth-order valence-corrected chi connectivity index (χ4v) is 1.85. The van der Waals surface area contributed by atoms with Crippen molar-refractivity contribution in [1.29, 1.82) is 0 Å². The van der Waals surface area contributed by atoms with Crippen LogP contribution >= 0.6 is 0 Å². The van der Waals surface area contributed by atoms with Crippen LogP contribution in [0, 0.1) is 6.92 Å². The summed E-state index contributed by atoms with van der Waals surface area (Å²) in [4.78, 5) is 12.2. The zero-order valence-electron chi connectivity index (χ0n) is 10.8. The van der Waals surface area contributed by atoms with Gasteiger partial charge in [0.2, 0.25) is 0 Å². The van der Waals surface area contributed by atoms with Gasteiger partial charge in [-0.2, -0.15) is 8.78 Å². The molecule has 0 unspecified atom stereocenters. The molecule has 0 bridgehead atoms. The molecular weight excluding hydrogens is 264 g/mol. The summed E-state index contributed by atoms with van der Waals surface area (Å²) in [6.07, 6.45) is 0. The summed E-state index contributed by atoms with van der Waals surface area (Å²) in [5, 5.41) is 0. The third-order valence-electron chi connectivity index (χ3n) is 2.77. The van der Waals surface area contributed by atoms with Gasteiger partial charge in [-0.05, 0) is 31.2 Å². The van der Waals surface area contributed by atoms with Crippen molar-refractivity contribution >= 4 is 11.5 Å². The summed E-state index contributed by atoms with van der Waals surface area (Å²) in [6, 6.07) is 11.1. The van der Waals surface area contributed by atoms with E-state index in [1.807, 2.05) is 13.0 Å². The monoisotopic (exact) mass is 277 g/mol. The second kappa shape index (κ2) is 5.69. The normalized spacial score (nSPS) is 10.6. The number of nitrogen functional groups attached to an aromatic ring is 1. The summed E-state index contributed by atoms with van der Waals surface area (Å²) in [5.74, 6) is -0.357. The van der Waals surface area contributed by atoms with Crippen molar-refractivity contribution in [2.75, 3.05) is 5.73 Å². The van der Waals surface area contributed by atoms with Crippen molar-refractivity contribution in [3.8, 4) is 5.75 Å². The maximum absolute atomic E-state index is 12.2. The van der Waals surface area contributed by atoms with Crippen molar-refractivity contribution in [2.24, 2.45) is 0 Å². The Hall–Kier alpha value is -2.43. The molecule has 0 aliphatic rings. The predicted molar refractivity (Wildman–Crippen MR) is 72.1 cm³/mol. The van der Waals surface area contributed by atoms with Gasteiger partial charge >= 0.3 is 6.61 Å². The molecule has 0 aromatic heterocycles. The number of nitrogens with two attached hydrogens (primary N) is 1. The predicted octanol–water partition coefficient (Wildman–Crippen LogP) is 3.41. The van der Waals surface area contributed by atoms with Crippen LogP contribution in [0.2, 0.25) is 0 Å².